The average molecular weight is 463 g/mol. The summed E-state index contributed by atoms with van der Waals surface area (Å²) in [6, 6.07) is 22.0. The van der Waals surface area contributed by atoms with Gasteiger partial charge in [-0.25, -0.2) is 0 Å². The fraction of sp³-hybridized carbons (Fsp3) is 0.333. The van der Waals surface area contributed by atoms with Crippen LogP contribution in [-0.2, 0) is 34.0 Å². The summed E-state index contributed by atoms with van der Waals surface area (Å²) in [5, 5.41) is 2.06. The van der Waals surface area contributed by atoms with Gasteiger partial charge in [0.25, 0.3) is 0 Å². The molecule has 0 unspecified atom stereocenters. The van der Waals surface area contributed by atoms with Crippen LogP contribution in [0.25, 0.3) is 0 Å². The van der Waals surface area contributed by atoms with Gasteiger partial charge in [0.05, 0.1) is 13.2 Å². The largest absolute Gasteiger partial charge is 0.367 e. The van der Waals surface area contributed by atoms with Crippen molar-refractivity contribution in [3.8, 4) is 0 Å². The van der Waals surface area contributed by atoms with Crippen LogP contribution in [0.3, 0.4) is 0 Å². The van der Waals surface area contributed by atoms with Crippen molar-refractivity contribution in [1.82, 2.24) is 9.80 Å². The van der Waals surface area contributed by atoms with E-state index >= 15 is 0 Å². The normalized spacial score (nSPS) is 13.0. The van der Waals surface area contributed by atoms with Gasteiger partial charge in [-0.05, 0) is 47.9 Å². The molecule has 1 fully saturated rings. The van der Waals surface area contributed by atoms with Gasteiger partial charge in [0.2, 0.25) is 11.8 Å². The molecule has 6 heteroatoms. The highest BCUT2D eigenvalue weighted by atomic mass is 32.1. The summed E-state index contributed by atoms with van der Waals surface area (Å²) < 4.78 is 5.66. The molecule has 1 heterocycles. The molecule has 0 saturated heterocycles. The molecule has 4 rings (SSSR count). The van der Waals surface area contributed by atoms with E-state index in [4.69, 9.17) is 4.74 Å². The van der Waals surface area contributed by atoms with Crippen LogP contribution in [0.5, 0.6) is 0 Å². The third kappa shape index (κ3) is 6.76. The van der Waals surface area contributed by atoms with Gasteiger partial charge in [0.1, 0.15) is 13.2 Å². The molecule has 0 radical (unpaired) electrons. The summed E-state index contributed by atoms with van der Waals surface area (Å²) in [6.07, 6.45) is 1.89. The number of carbonyl (C=O) groups is 2. The second-order valence-electron chi connectivity index (χ2n) is 8.49. The molecule has 3 aromatic rings. The first-order chi connectivity index (χ1) is 16.1. The van der Waals surface area contributed by atoms with Gasteiger partial charge in [-0.3, -0.25) is 9.59 Å². The molecule has 0 N–H and O–H groups in total. The topological polar surface area (TPSA) is 49.9 Å². The molecule has 172 valence electrons. The van der Waals surface area contributed by atoms with Crippen molar-refractivity contribution in [2.45, 2.75) is 45.5 Å². The molecule has 1 saturated carbocycles. The zero-order valence-corrected chi connectivity index (χ0v) is 19.8. The Bertz CT molecular complexity index is 1050. The maximum atomic E-state index is 13.4. The molecule has 1 aliphatic rings. The number of rotatable bonds is 11. The van der Waals surface area contributed by atoms with Crippen LogP contribution in [0.2, 0.25) is 0 Å². The van der Waals surface area contributed by atoms with Crippen molar-refractivity contribution >= 4 is 23.2 Å². The summed E-state index contributed by atoms with van der Waals surface area (Å²) in [4.78, 5) is 31.1. The lowest BCUT2D eigenvalue weighted by Crippen LogP contribution is -2.44. The lowest BCUT2D eigenvalue weighted by Gasteiger charge is -2.28. The van der Waals surface area contributed by atoms with E-state index in [1.165, 1.54) is 10.4 Å². The Hall–Kier alpha value is -2.96. The molecule has 5 nitrogen and oxygen atoms in total. The van der Waals surface area contributed by atoms with Crippen LogP contribution in [-0.4, -0.2) is 40.8 Å². The van der Waals surface area contributed by atoms with Crippen molar-refractivity contribution in [3.05, 3.63) is 93.7 Å². The van der Waals surface area contributed by atoms with Crippen LogP contribution < -0.4 is 0 Å². The van der Waals surface area contributed by atoms with E-state index in [9.17, 15) is 9.59 Å². The van der Waals surface area contributed by atoms with Crippen LogP contribution in [0.4, 0.5) is 0 Å². The molecular weight excluding hydrogens is 432 g/mol. The highest BCUT2D eigenvalue weighted by molar-refractivity contribution is 7.10. The van der Waals surface area contributed by atoms with Crippen LogP contribution in [0.15, 0.2) is 72.1 Å². The van der Waals surface area contributed by atoms with E-state index in [1.807, 2.05) is 65.6 Å². The molecule has 33 heavy (non-hydrogen) atoms. The van der Waals surface area contributed by atoms with Gasteiger partial charge in [0, 0.05) is 17.5 Å². The van der Waals surface area contributed by atoms with Crippen LogP contribution >= 0.6 is 11.3 Å². The monoisotopic (exact) mass is 462 g/mol. The number of ether oxygens (including phenoxy) is 1. The van der Waals surface area contributed by atoms with Gasteiger partial charge in [-0.2, -0.15) is 0 Å². The fourth-order valence-corrected chi connectivity index (χ4v) is 4.66. The summed E-state index contributed by atoms with van der Waals surface area (Å²) in [6.45, 7) is 3.61. The van der Waals surface area contributed by atoms with Crippen LogP contribution in [0, 0.1) is 6.92 Å². The molecule has 0 atom stereocenters. The zero-order chi connectivity index (χ0) is 23.0. The Morgan fingerprint density at radius 3 is 2.18 bits per heavy atom. The number of carbonyl (C=O) groups excluding carboxylic acids is 2. The Morgan fingerprint density at radius 2 is 1.58 bits per heavy atom. The number of nitrogens with zero attached hydrogens (tertiary/aromatic N) is 2. The van der Waals surface area contributed by atoms with E-state index in [0.717, 1.165) is 24.0 Å². The molecule has 0 bridgehead atoms. The number of aryl methyl sites for hydroxylation is 1. The maximum absolute atomic E-state index is 13.4. The summed E-state index contributed by atoms with van der Waals surface area (Å²) in [5.41, 5.74) is 3.30. The molecule has 1 aromatic heterocycles. The second kappa shape index (κ2) is 11.3. The zero-order valence-electron chi connectivity index (χ0n) is 19.0. The molecule has 1 aliphatic carbocycles. The number of amides is 2. The van der Waals surface area contributed by atoms with Crippen molar-refractivity contribution in [2.24, 2.45) is 0 Å². The van der Waals surface area contributed by atoms with Gasteiger partial charge < -0.3 is 14.5 Å². The minimum atomic E-state index is -0.117. The Morgan fingerprint density at radius 1 is 0.909 bits per heavy atom. The molecule has 0 spiro atoms. The summed E-state index contributed by atoms with van der Waals surface area (Å²) in [5.74, 6) is -0.149. The maximum Gasteiger partial charge on any atom is 0.249 e. The second-order valence-corrected chi connectivity index (χ2v) is 9.49. The van der Waals surface area contributed by atoms with E-state index < -0.39 is 0 Å². The lowest BCUT2D eigenvalue weighted by atomic mass is 10.2. The molecule has 0 aliphatic heterocycles. The van der Waals surface area contributed by atoms with E-state index in [0.29, 0.717) is 19.7 Å². The smallest absolute Gasteiger partial charge is 0.249 e. The van der Waals surface area contributed by atoms with Crippen LogP contribution in [0.1, 0.15) is 34.4 Å². The average Bonchev–Trinajstić information content (AvgIpc) is 3.60. The minimum absolute atomic E-state index is 0.0125. The molecule has 2 amide bonds. The van der Waals surface area contributed by atoms with Crippen molar-refractivity contribution < 1.29 is 14.3 Å². The van der Waals surface area contributed by atoms with Gasteiger partial charge in [-0.15, -0.1) is 11.3 Å². The van der Waals surface area contributed by atoms with Gasteiger partial charge in [-0.1, -0.05) is 60.7 Å². The summed E-state index contributed by atoms with van der Waals surface area (Å²) in [7, 11) is 0. The van der Waals surface area contributed by atoms with Gasteiger partial charge >= 0.3 is 0 Å². The van der Waals surface area contributed by atoms with Gasteiger partial charge in [0.15, 0.2) is 0 Å². The van der Waals surface area contributed by atoms with Crippen molar-refractivity contribution in [3.63, 3.8) is 0 Å². The van der Waals surface area contributed by atoms with E-state index in [1.54, 1.807) is 16.2 Å². The molecule has 2 aromatic carbocycles. The standard InChI is InChI=1S/C27H30N2O3S/c1-21-14-15-33-25(21)17-28(16-22-8-4-2-5-9-22)26(30)18-29(24-12-13-24)27(31)20-32-19-23-10-6-3-7-11-23/h2-11,14-15,24H,12-13,16-20H2,1H3. The highest BCUT2D eigenvalue weighted by Gasteiger charge is 2.34. The third-order valence-corrected chi connectivity index (χ3v) is 6.83. The van der Waals surface area contributed by atoms with E-state index in [2.05, 4.69) is 18.4 Å². The minimum Gasteiger partial charge on any atom is -0.367 e. The summed E-state index contributed by atoms with van der Waals surface area (Å²) >= 11 is 1.66. The quantitative estimate of drug-likeness (QED) is 0.412. The first-order valence-electron chi connectivity index (χ1n) is 11.4. The first-order valence-corrected chi connectivity index (χ1v) is 12.2. The molecular formula is C27H30N2O3S. The predicted molar refractivity (Wildman–Crippen MR) is 131 cm³/mol. The SMILES string of the molecule is Cc1ccsc1CN(Cc1ccccc1)C(=O)CN(C(=O)COCc1ccccc1)C1CC1. The Kier molecular flexibility index (Phi) is 7.92. The highest BCUT2D eigenvalue weighted by Crippen LogP contribution is 2.27. The Balaban J connectivity index is 1.40. The predicted octanol–water partition coefficient (Wildman–Crippen LogP) is 4.79. The Labute approximate surface area is 199 Å². The first kappa shape index (κ1) is 23.2. The van der Waals surface area contributed by atoms with Crippen molar-refractivity contribution in [2.75, 3.05) is 13.2 Å². The lowest BCUT2D eigenvalue weighted by molar-refractivity contribution is -0.144. The fourth-order valence-electron chi connectivity index (χ4n) is 3.74. The number of benzene rings is 2. The third-order valence-electron chi connectivity index (χ3n) is 5.82. The number of hydrogen-bond donors (Lipinski definition) is 0. The number of thiophene rings is 1. The number of hydrogen-bond acceptors (Lipinski definition) is 4. The van der Waals surface area contributed by atoms with E-state index in [-0.39, 0.29) is 31.0 Å². The van der Waals surface area contributed by atoms with Crippen molar-refractivity contribution in [1.29, 1.82) is 0 Å².